The molecule has 34 heavy (non-hydrogen) atoms. The molecule has 0 unspecified atom stereocenters. The predicted molar refractivity (Wildman–Crippen MR) is 127 cm³/mol. The molecule has 7 nitrogen and oxygen atoms in total. The molecule has 0 bridgehead atoms. The lowest BCUT2D eigenvalue weighted by molar-refractivity contribution is -0.160. The number of hydrogen-bond donors (Lipinski definition) is 0. The number of rotatable bonds is 4. The molecule has 0 fully saturated rings. The van der Waals surface area contributed by atoms with E-state index in [0.717, 1.165) is 27.9 Å². The van der Waals surface area contributed by atoms with Crippen LogP contribution in [0.2, 0.25) is 5.28 Å². The van der Waals surface area contributed by atoms with Gasteiger partial charge in [-0.1, -0.05) is 48.5 Å². The molecule has 5 rings (SSSR count). The van der Waals surface area contributed by atoms with Crippen molar-refractivity contribution in [3.8, 4) is 17.0 Å². The third-order valence-electron chi connectivity index (χ3n) is 6.15. The molecule has 1 aliphatic heterocycles. The number of esters is 1. The molecule has 0 N–H and O–H groups in total. The van der Waals surface area contributed by atoms with Gasteiger partial charge in [-0.25, -0.2) is 9.78 Å². The Bertz CT molecular complexity index is 1230. The van der Waals surface area contributed by atoms with Crippen LogP contribution in [0.15, 0.2) is 48.5 Å². The lowest BCUT2D eigenvalue weighted by atomic mass is 9.98. The summed E-state index contributed by atoms with van der Waals surface area (Å²) in [5, 5.41) is 0.103. The SMILES string of the molecule is CC(C)Oc1nc(Cl)nc2c1CN(C(=O)C(=O)OCC1c3ccccc3-c3ccccc31)CC2. The van der Waals surface area contributed by atoms with Crippen LogP contribution in [0.5, 0.6) is 5.88 Å². The fourth-order valence-electron chi connectivity index (χ4n) is 4.64. The van der Waals surface area contributed by atoms with Crippen LogP contribution >= 0.6 is 11.6 Å². The lowest BCUT2D eigenvalue weighted by Crippen LogP contribution is -2.41. The Kier molecular flexibility index (Phi) is 5.96. The highest BCUT2D eigenvalue weighted by Gasteiger charge is 2.33. The van der Waals surface area contributed by atoms with E-state index in [1.807, 2.05) is 50.2 Å². The average molecular weight is 478 g/mol. The van der Waals surface area contributed by atoms with Crippen LogP contribution < -0.4 is 4.74 Å². The number of fused-ring (bicyclic) bond motifs is 4. The number of aromatic nitrogens is 2. The van der Waals surface area contributed by atoms with Crippen molar-refractivity contribution < 1.29 is 19.1 Å². The topological polar surface area (TPSA) is 81.6 Å². The van der Waals surface area contributed by atoms with Gasteiger partial charge in [-0.15, -0.1) is 0 Å². The Balaban J connectivity index is 1.30. The molecule has 0 saturated heterocycles. The molecule has 0 saturated carbocycles. The zero-order valence-corrected chi connectivity index (χ0v) is 19.7. The fourth-order valence-corrected chi connectivity index (χ4v) is 4.82. The molecular weight excluding hydrogens is 454 g/mol. The standard InChI is InChI=1S/C26H24ClN3O4/c1-15(2)34-23-20-13-30(12-11-22(20)28-26(27)29-23)24(31)25(32)33-14-21-18-9-5-3-7-16(18)17-8-4-6-10-19(17)21/h3-10,15,21H,11-14H2,1-2H3. The summed E-state index contributed by atoms with van der Waals surface area (Å²) in [6, 6.07) is 16.2. The number of nitrogens with zero attached hydrogens (tertiary/aromatic N) is 3. The zero-order chi connectivity index (χ0) is 23.8. The van der Waals surface area contributed by atoms with E-state index < -0.39 is 11.9 Å². The highest BCUT2D eigenvalue weighted by Crippen LogP contribution is 2.44. The number of carbonyl (C=O) groups excluding carboxylic acids is 2. The van der Waals surface area contributed by atoms with Crippen molar-refractivity contribution >= 4 is 23.5 Å². The second-order valence-corrected chi connectivity index (χ2v) is 9.03. The molecule has 1 aliphatic carbocycles. The molecule has 2 aromatic carbocycles. The van der Waals surface area contributed by atoms with Gasteiger partial charge in [0.05, 0.1) is 23.9 Å². The molecule has 1 aromatic heterocycles. The van der Waals surface area contributed by atoms with Gasteiger partial charge in [0.1, 0.15) is 6.61 Å². The quantitative estimate of drug-likeness (QED) is 0.319. The van der Waals surface area contributed by atoms with Gasteiger partial charge < -0.3 is 14.4 Å². The predicted octanol–water partition coefficient (Wildman–Crippen LogP) is 4.16. The Hall–Kier alpha value is -3.45. The monoisotopic (exact) mass is 477 g/mol. The van der Waals surface area contributed by atoms with Crippen molar-refractivity contribution in [2.75, 3.05) is 13.2 Å². The molecule has 8 heteroatoms. The van der Waals surface area contributed by atoms with E-state index in [4.69, 9.17) is 21.1 Å². The van der Waals surface area contributed by atoms with Gasteiger partial charge in [-0.3, -0.25) is 4.79 Å². The maximum Gasteiger partial charge on any atom is 0.397 e. The summed E-state index contributed by atoms with van der Waals surface area (Å²) in [7, 11) is 0. The Morgan fingerprint density at radius 1 is 1.06 bits per heavy atom. The Morgan fingerprint density at radius 2 is 1.71 bits per heavy atom. The lowest BCUT2D eigenvalue weighted by Gasteiger charge is -2.28. The maximum absolute atomic E-state index is 12.9. The smallest absolute Gasteiger partial charge is 0.397 e. The second-order valence-electron chi connectivity index (χ2n) is 8.69. The first-order chi connectivity index (χ1) is 16.4. The normalized spacial score (nSPS) is 14.4. The zero-order valence-electron chi connectivity index (χ0n) is 19.0. The molecule has 0 spiro atoms. The number of amides is 1. The fraction of sp³-hybridized carbons (Fsp3) is 0.308. The molecule has 0 atom stereocenters. The number of halogens is 1. The van der Waals surface area contributed by atoms with E-state index in [9.17, 15) is 9.59 Å². The number of ether oxygens (including phenoxy) is 2. The minimum absolute atomic E-state index is 0.101. The van der Waals surface area contributed by atoms with Gasteiger partial charge in [0.25, 0.3) is 0 Å². The molecule has 3 aromatic rings. The molecular formula is C26H24ClN3O4. The second kappa shape index (κ2) is 9.06. The largest absolute Gasteiger partial charge is 0.475 e. The number of carbonyl (C=O) groups is 2. The first kappa shape index (κ1) is 22.3. The molecule has 2 aliphatic rings. The first-order valence-corrected chi connectivity index (χ1v) is 11.7. The van der Waals surface area contributed by atoms with Gasteiger partial charge in [0.15, 0.2) is 0 Å². The summed E-state index contributed by atoms with van der Waals surface area (Å²) < 4.78 is 11.3. The highest BCUT2D eigenvalue weighted by atomic mass is 35.5. The van der Waals surface area contributed by atoms with Gasteiger partial charge in [0.2, 0.25) is 11.2 Å². The summed E-state index contributed by atoms with van der Waals surface area (Å²) in [6.45, 7) is 4.36. The van der Waals surface area contributed by atoms with E-state index in [1.54, 1.807) is 0 Å². The summed E-state index contributed by atoms with van der Waals surface area (Å²) in [6.07, 6.45) is 0.331. The van der Waals surface area contributed by atoms with Gasteiger partial charge in [-0.05, 0) is 47.7 Å². The third kappa shape index (κ3) is 4.12. The summed E-state index contributed by atoms with van der Waals surface area (Å²) in [4.78, 5) is 35.6. The van der Waals surface area contributed by atoms with E-state index in [1.165, 1.54) is 4.90 Å². The summed E-state index contributed by atoms with van der Waals surface area (Å²) >= 11 is 6.03. The van der Waals surface area contributed by atoms with Crippen molar-refractivity contribution in [2.24, 2.45) is 0 Å². The number of hydrogen-bond acceptors (Lipinski definition) is 6. The van der Waals surface area contributed by atoms with Gasteiger partial charge in [-0.2, -0.15) is 4.98 Å². The molecule has 2 heterocycles. The van der Waals surface area contributed by atoms with Crippen molar-refractivity contribution in [2.45, 2.75) is 38.8 Å². The summed E-state index contributed by atoms with van der Waals surface area (Å²) in [5.41, 5.74) is 5.86. The Labute approximate surface area is 202 Å². The van der Waals surface area contributed by atoms with Crippen molar-refractivity contribution in [3.63, 3.8) is 0 Å². The van der Waals surface area contributed by atoms with Crippen LogP contribution in [0.4, 0.5) is 0 Å². The van der Waals surface area contributed by atoms with Crippen LogP contribution in [0.1, 0.15) is 42.1 Å². The average Bonchev–Trinajstić information content (AvgIpc) is 3.15. The van der Waals surface area contributed by atoms with E-state index in [-0.39, 0.29) is 30.5 Å². The third-order valence-corrected chi connectivity index (χ3v) is 6.32. The van der Waals surface area contributed by atoms with Crippen LogP contribution in [-0.4, -0.2) is 46.0 Å². The van der Waals surface area contributed by atoms with Crippen LogP contribution in [-0.2, 0) is 27.3 Å². The molecule has 1 amide bonds. The minimum atomic E-state index is -0.869. The van der Waals surface area contributed by atoms with Crippen molar-refractivity contribution in [3.05, 3.63) is 76.2 Å². The number of benzene rings is 2. The molecule has 0 radical (unpaired) electrons. The van der Waals surface area contributed by atoms with Crippen LogP contribution in [0.25, 0.3) is 11.1 Å². The van der Waals surface area contributed by atoms with Crippen molar-refractivity contribution in [1.29, 1.82) is 0 Å². The van der Waals surface area contributed by atoms with E-state index >= 15 is 0 Å². The Morgan fingerprint density at radius 3 is 2.35 bits per heavy atom. The highest BCUT2D eigenvalue weighted by molar-refractivity contribution is 6.32. The first-order valence-electron chi connectivity index (χ1n) is 11.3. The van der Waals surface area contributed by atoms with Gasteiger partial charge in [0, 0.05) is 18.9 Å². The van der Waals surface area contributed by atoms with Crippen LogP contribution in [0, 0.1) is 0 Å². The maximum atomic E-state index is 12.9. The van der Waals surface area contributed by atoms with E-state index in [0.29, 0.717) is 24.4 Å². The summed E-state index contributed by atoms with van der Waals surface area (Å²) in [5.74, 6) is -1.31. The van der Waals surface area contributed by atoms with Crippen molar-refractivity contribution in [1.82, 2.24) is 14.9 Å². The van der Waals surface area contributed by atoms with Crippen LogP contribution in [0.3, 0.4) is 0 Å². The van der Waals surface area contributed by atoms with Gasteiger partial charge >= 0.3 is 11.9 Å². The van der Waals surface area contributed by atoms with E-state index in [2.05, 4.69) is 22.1 Å². The minimum Gasteiger partial charge on any atom is -0.475 e. The molecule has 174 valence electrons.